The molecule has 0 bridgehead atoms. The Bertz CT molecular complexity index is 677. The molecule has 6 nitrogen and oxygen atoms in total. The van der Waals surface area contributed by atoms with Crippen molar-refractivity contribution in [2.75, 3.05) is 31.3 Å². The second-order valence-electron chi connectivity index (χ2n) is 7.04. The molecule has 2 unspecified atom stereocenters. The molecule has 0 aromatic carbocycles. The number of aryl methyl sites for hydroxylation is 1. The quantitative estimate of drug-likeness (QED) is 0.835. The van der Waals surface area contributed by atoms with Gasteiger partial charge in [0.2, 0.25) is 10.0 Å². The van der Waals surface area contributed by atoms with Gasteiger partial charge in [-0.2, -0.15) is 5.10 Å². The minimum Gasteiger partial charge on any atom is -0.354 e. The summed E-state index contributed by atoms with van der Waals surface area (Å²) in [6.07, 6.45) is 6.41. The minimum absolute atomic E-state index is 0.00973. The fourth-order valence-corrected chi connectivity index (χ4v) is 4.29. The Morgan fingerprint density at radius 3 is 2.83 bits per heavy atom. The van der Waals surface area contributed by atoms with Gasteiger partial charge in [-0.1, -0.05) is 6.92 Å². The summed E-state index contributed by atoms with van der Waals surface area (Å²) in [6.45, 7) is 3.88. The summed E-state index contributed by atoms with van der Waals surface area (Å²) in [7, 11) is -1.49. The van der Waals surface area contributed by atoms with Crippen LogP contribution in [0.1, 0.15) is 37.4 Å². The number of rotatable bonds is 3. The van der Waals surface area contributed by atoms with Crippen molar-refractivity contribution in [3.05, 3.63) is 17.3 Å². The number of fused-ring (bicyclic) bond motifs is 1. The molecule has 2 atom stereocenters. The van der Waals surface area contributed by atoms with Crippen molar-refractivity contribution < 1.29 is 8.42 Å². The normalized spacial score (nSPS) is 25.5. The van der Waals surface area contributed by atoms with Crippen LogP contribution >= 0.6 is 0 Å². The number of anilines is 1. The van der Waals surface area contributed by atoms with Gasteiger partial charge in [0.1, 0.15) is 0 Å². The molecule has 128 valence electrons. The molecule has 1 aliphatic carbocycles. The summed E-state index contributed by atoms with van der Waals surface area (Å²) in [4.78, 5) is 2.18. The number of hydrogen-bond acceptors (Lipinski definition) is 5. The van der Waals surface area contributed by atoms with Crippen LogP contribution in [0.3, 0.4) is 0 Å². The molecular weight excluding hydrogens is 312 g/mol. The van der Waals surface area contributed by atoms with Crippen LogP contribution in [0.4, 0.5) is 5.82 Å². The molecule has 0 radical (unpaired) electrons. The molecule has 2 heterocycles. The summed E-state index contributed by atoms with van der Waals surface area (Å²) in [5.41, 5.74) is 2.45. The first-order chi connectivity index (χ1) is 10.8. The summed E-state index contributed by atoms with van der Waals surface area (Å²) < 4.78 is 25.1. The highest BCUT2D eigenvalue weighted by Gasteiger charge is 2.29. The Kier molecular flexibility index (Phi) is 4.60. The number of nitrogens with zero attached hydrogens (tertiary/aromatic N) is 4. The van der Waals surface area contributed by atoms with Crippen molar-refractivity contribution >= 4 is 15.8 Å². The van der Waals surface area contributed by atoms with Crippen LogP contribution in [0, 0.1) is 5.92 Å². The Labute approximate surface area is 138 Å². The minimum atomic E-state index is -3.16. The summed E-state index contributed by atoms with van der Waals surface area (Å²) in [5, 5.41) is 8.83. The van der Waals surface area contributed by atoms with Crippen molar-refractivity contribution in [2.24, 2.45) is 5.92 Å². The zero-order valence-corrected chi connectivity index (χ0v) is 15.0. The molecule has 2 aliphatic rings. The summed E-state index contributed by atoms with van der Waals surface area (Å²) in [5.74, 6) is 1.59. The smallest absolute Gasteiger partial charge is 0.211 e. The Morgan fingerprint density at radius 1 is 1.30 bits per heavy atom. The molecule has 0 saturated carbocycles. The van der Waals surface area contributed by atoms with Crippen LogP contribution in [0.5, 0.6) is 0 Å². The number of aromatic nitrogens is 2. The maximum absolute atomic E-state index is 11.8. The molecule has 23 heavy (non-hydrogen) atoms. The lowest BCUT2D eigenvalue weighted by atomic mass is 9.88. The predicted molar refractivity (Wildman–Crippen MR) is 91.1 cm³/mol. The van der Waals surface area contributed by atoms with Gasteiger partial charge in [-0.3, -0.25) is 0 Å². The second-order valence-corrected chi connectivity index (χ2v) is 9.09. The van der Waals surface area contributed by atoms with E-state index in [1.807, 2.05) is 0 Å². The van der Waals surface area contributed by atoms with Gasteiger partial charge in [-0.15, -0.1) is 5.10 Å². The first-order valence-corrected chi connectivity index (χ1v) is 10.2. The molecule has 1 saturated heterocycles. The zero-order valence-electron chi connectivity index (χ0n) is 14.2. The van der Waals surface area contributed by atoms with E-state index in [4.69, 9.17) is 0 Å². The van der Waals surface area contributed by atoms with E-state index < -0.39 is 10.0 Å². The maximum atomic E-state index is 11.8. The topological polar surface area (TPSA) is 66.4 Å². The molecule has 1 aliphatic heterocycles. The SMILES string of the molecule is CC1CCc2nnc(N3CCCC(N(C)S(C)(=O)=O)C3)cc2C1. The third-order valence-electron chi connectivity index (χ3n) is 5.15. The highest BCUT2D eigenvalue weighted by atomic mass is 32.2. The molecule has 0 amide bonds. The van der Waals surface area contributed by atoms with E-state index >= 15 is 0 Å². The fraction of sp³-hybridized carbons (Fsp3) is 0.750. The van der Waals surface area contributed by atoms with Crippen molar-refractivity contribution in [1.29, 1.82) is 0 Å². The van der Waals surface area contributed by atoms with Crippen molar-refractivity contribution in [2.45, 2.75) is 45.1 Å². The monoisotopic (exact) mass is 338 g/mol. The highest BCUT2D eigenvalue weighted by Crippen LogP contribution is 2.27. The van der Waals surface area contributed by atoms with Crippen molar-refractivity contribution in [1.82, 2.24) is 14.5 Å². The van der Waals surface area contributed by atoms with E-state index in [1.165, 1.54) is 22.5 Å². The number of sulfonamides is 1. The Morgan fingerprint density at radius 2 is 2.09 bits per heavy atom. The van der Waals surface area contributed by atoms with Crippen LogP contribution in [0.15, 0.2) is 6.07 Å². The van der Waals surface area contributed by atoms with E-state index in [2.05, 4.69) is 28.1 Å². The maximum Gasteiger partial charge on any atom is 0.211 e. The van der Waals surface area contributed by atoms with E-state index in [-0.39, 0.29) is 6.04 Å². The lowest BCUT2D eigenvalue weighted by Crippen LogP contribution is -2.48. The molecule has 1 aromatic rings. The second kappa shape index (κ2) is 6.36. The van der Waals surface area contributed by atoms with Gasteiger partial charge in [0.05, 0.1) is 11.9 Å². The highest BCUT2D eigenvalue weighted by molar-refractivity contribution is 7.88. The first kappa shape index (κ1) is 16.6. The average molecular weight is 338 g/mol. The molecule has 3 rings (SSSR count). The van der Waals surface area contributed by atoms with E-state index in [0.29, 0.717) is 12.5 Å². The van der Waals surface area contributed by atoms with Crippen LogP contribution in [-0.2, 0) is 22.9 Å². The molecule has 1 aromatic heterocycles. The summed E-state index contributed by atoms with van der Waals surface area (Å²) in [6, 6.07) is 2.18. The standard InChI is InChI=1S/C16H26N4O2S/c1-12-6-7-15-13(9-12)10-16(18-17-15)20-8-4-5-14(11-20)19(2)23(3,21)22/h10,12,14H,4-9,11H2,1-3H3. The Hall–Kier alpha value is -1.21. The average Bonchev–Trinajstić information content (AvgIpc) is 2.52. The van der Waals surface area contributed by atoms with E-state index in [0.717, 1.165) is 43.7 Å². The number of hydrogen-bond donors (Lipinski definition) is 0. The lowest BCUT2D eigenvalue weighted by molar-refractivity contribution is 0.321. The molecule has 1 fully saturated rings. The van der Waals surface area contributed by atoms with Crippen molar-refractivity contribution in [3.8, 4) is 0 Å². The van der Waals surface area contributed by atoms with Gasteiger partial charge in [0, 0.05) is 26.2 Å². The van der Waals surface area contributed by atoms with Crippen LogP contribution < -0.4 is 4.90 Å². The van der Waals surface area contributed by atoms with E-state index in [9.17, 15) is 8.42 Å². The largest absolute Gasteiger partial charge is 0.354 e. The van der Waals surface area contributed by atoms with Gasteiger partial charge in [0.15, 0.2) is 5.82 Å². The first-order valence-electron chi connectivity index (χ1n) is 8.38. The van der Waals surface area contributed by atoms with E-state index in [1.54, 1.807) is 7.05 Å². The predicted octanol–water partition coefficient (Wildman–Crippen LogP) is 1.46. The molecule has 7 heteroatoms. The van der Waals surface area contributed by atoms with Gasteiger partial charge in [-0.25, -0.2) is 12.7 Å². The fourth-order valence-electron chi connectivity index (χ4n) is 3.58. The van der Waals surface area contributed by atoms with Crippen LogP contribution in [0.25, 0.3) is 0 Å². The van der Waals surface area contributed by atoms with Gasteiger partial charge in [0.25, 0.3) is 0 Å². The zero-order chi connectivity index (χ0) is 16.6. The van der Waals surface area contributed by atoms with Crippen LogP contribution in [-0.4, -0.2) is 55.4 Å². The summed E-state index contributed by atoms with van der Waals surface area (Å²) >= 11 is 0. The van der Waals surface area contributed by atoms with Crippen LogP contribution in [0.2, 0.25) is 0 Å². The van der Waals surface area contributed by atoms with Gasteiger partial charge < -0.3 is 4.90 Å². The lowest BCUT2D eigenvalue weighted by Gasteiger charge is -2.37. The Balaban J connectivity index is 1.78. The van der Waals surface area contributed by atoms with Gasteiger partial charge >= 0.3 is 0 Å². The third kappa shape index (κ3) is 3.66. The number of likely N-dealkylation sites (N-methyl/N-ethyl adjacent to an activating group) is 1. The molecule has 0 N–H and O–H groups in total. The number of piperidine rings is 1. The molecular formula is C16H26N4O2S. The van der Waals surface area contributed by atoms with Gasteiger partial charge in [-0.05, 0) is 49.7 Å². The molecule has 0 spiro atoms. The third-order valence-corrected chi connectivity index (χ3v) is 6.49. The van der Waals surface area contributed by atoms with Crippen molar-refractivity contribution in [3.63, 3.8) is 0 Å².